The fourth-order valence-electron chi connectivity index (χ4n) is 0.572. The molecule has 0 aliphatic carbocycles. The number of hydrogen-bond donors (Lipinski definition) is 2. The Bertz CT molecular complexity index is 192. The van der Waals surface area contributed by atoms with Crippen LogP contribution in [0.1, 0.15) is 13.8 Å². The largest absolute Gasteiger partial charge is 0.479 e. The van der Waals surface area contributed by atoms with Crippen LogP contribution in [-0.4, -0.2) is 36.2 Å². The summed E-state index contributed by atoms with van der Waals surface area (Å²) in [6.45, 7) is 3.05. The van der Waals surface area contributed by atoms with Gasteiger partial charge in [-0.05, 0) is 20.9 Å². The van der Waals surface area contributed by atoms with Crippen molar-refractivity contribution in [1.82, 2.24) is 5.32 Å². The minimum Gasteiger partial charge on any atom is -0.479 e. The van der Waals surface area contributed by atoms with Gasteiger partial charge in [0.05, 0.1) is 6.61 Å². The maximum absolute atomic E-state index is 11.1. The van der Waals surface area contributed by atoms with E-state index >= 15 is 0 Å². The van der Waals surface area contributed by atoms with Crippen LogP contribution in [0.4, 0.5) is 0 Å². The van der Waals surface area contributed by atoms with Crippen LogP contribution in [0.15, 0.2) is 0 Å². The molecule has 0 rings (SSSR count). The molecule has 0 radical (unpaired) electrons. The Morgan fingerprint density at radius 3 is 2.33 bits per heavy atom. The first kappa shape index (κ1) is 10.9. The highest BCUT2D eigenvalue weighted by molar-refractivity contribution is 6.03. The smallest absolute Gasteiger partial charge is 0.337 e. The maximum atomic E-state index is 11.1. The number of carbonyl (C=O) groups excluding carboxylic acids is 1. The highest BCUT2D eigenvalue weighted by atomic mass is 16.5. The summed E-state index contributed by atoms with van der Waals surface area (Å²) in [5.74, 6) is -2.02. The molecule has 2 N–H and O–H groups in total. The summed E-state index contributed by atoms with van der Waals surface area (Å²) in [5, 5.41) is 11.1. The molecule has 0 aliphatic heterocycles. The number of aliphatic carboxylic acids is 1. The van der Waals surface area contributed by atoms with E-state index in [0.29, 0.717) is 0 Å². The second-order valence-electron chi connectivity index (χ2n) is 2.40. The van der Waals surface area contributed by atoms with E-state index in [1.807, 2.05) is 0 Å². The average Bonchev–Trinajstić information content (AvgIpc) is 2.03. The molecule has 0 aliphatic rings. The molecule has 5 nitrogen and oxygen atoms in total. The molecule has 0 saturated heterocycles. The minimum absolute atomic E-state index is 0.170. The summed E-state index contributed by atoms with van der Waals surface area (Å²) in [6, 6.07) is 0. The monoisotopic (exact) mass is 175 g/mol. The molecular formula is C7H13NO4. The van der Waals surface area contributed by atoms with Gasteiger partial charge in [-0.2, -0.15) is 0 Å². The van der Waals surface area contributed by atoms with Gasteiger partial charge in [-0.3, -0.25) is 5.32 Å². The highest BCUT2D eigenvalue weighted by Crippen LogP contribution is 2.05. The maximum Gasteiger partial charge on any atom is 0.337 e. The third kappa shape index (κ3) is 1.94. The molecule has 0 saturated carbocycles. The van der Waals surface area contributed by atoms with Gasteiger partial charge in [0.15, 0.2) is 0 Å². The van der Waals surface area contributed by atoms with E-state index < -0.39 is 17.5 Å². The van der Waals surface area contributed by atoms with Crippen molar-refractivity contribution in [1.29, 1.82) is 0 Å². The van der Waals surface area contributed by atoms with Crippen molar-refractivity contribution in [2.75, 3.05) is 13.7 Å². The lowest BCUT2D eigenvalue weighted by atomic mass is 10.0. The van der Waals surface area contributed by atoms with Crippen LogP contribution in [-0.2, 0) is 14.3 Å². The quantitative estimate of drug-likeness (QED) is 0.449. The molecule has 5 heteroatoms. The minimum atomic E-state index is -1.64. The molecule has 0 unspecified atom stereocenters. The van der Waals surface area contributed by atoms with Crippen LogP contribution < -0.4 is 5.32 Å². The van der Waals surface area contributed by atoms with Gasteiger partial charge in [0.25, 0.3) is 0 Å². The van der Waals surface area contributed by atoms with Crippen molar-refractivity contribution < 1.29 is 19.4 Å². The van der Waals surface area contributed by atoms with Crippen LogP contribution in [0.2, 0.25) is 0 Å². The summed E-state index contributed by atoms with van der Waals surface area (Å²) < 4.78 is 4.58. The zero-order valence-electron chi connectivity index (χ0n) is 7.38. The normalized spacial score (nSPS) is 14.9. The number of ether oxygens (including phenoxy) is 1. The Morgan fingerprint density at radius 2 is 2.08 bits per heavy atom. The number of carboxylic acids is 1. The van der Waals surface area contributed by atoms with E-state index in [0.717, 1.165) is 0 Å². The standard InChI is InChI=1S/C7H13NO4/c1-4-12-6(11)7(2,8-3)5(9)10/h8H,4H2,1-3H3,(H,9,10)/t7-/m1/s1. The molecule has 70 valence electrons. The fraction of sp³-hybridized carbons (Fsp3) is 0.714. The zero-order chi connectivity index (χ0) is 9.78. The van der Waals surface area contributed by atoms with Gasteiger partial charge in [-0.15, -0.1) is 0 Å². The van der Waals surface area contributed by atoms with E-state index in [9.17, 15) is 9.59 Å². The first-order valence-corrected chi connectivity index (χ1v) is 3.58. The summed E-state index contributed by atoms with van der Waals surface area (Å²) in [7, 11) is 1.39. The summed E-state index contributed by atoms with van der Waals surface area (Å²) in [6.07, 6.45) is 0. The van der Waals surface area contributed by atoms with Crippen molar-refractivity contribution in [2.24, 2.45) is 0 Å². The second-order valence-corrected chi connectivity index (χ2v) is 2.40. The van der Waals surface area contributed by atoms with Gasteiger partial charge < -0.3 is 9.84 Å². The Labute approximate surface area is 70.7 Å². The topological polar surface area (TPSA) is 75.6 Å². The second kappa shape index (κ2) is 4.06. The third-order valence-corrected chi connectivity index (χ3v) is 1.61. The Kier molecular flexibility index (Phi) is 3.69. The predicted octanol–water partition coefficient (Wildman–Crippen LogP) is -0.388. The molecule has 1 atom stereocenters. The van der Waals surface area contributed by atoms with Crippen molar-refractivity contribution in [3.63, 3.8) is 0 Å². The molecule has 0 heterocycles. The number of hydrogen-bond acceptors (Lipinski definition) is 4. The van der Waals surface area contributed by atoms with Gasteiger partial charge in [-0.1, -0.05) is 0 Å². The van der Waals surface area contributed by atoms with Gasteiger partial charge in [0.1, 0.15) is 0 Å². The summed E-state index contributed by atoms with van der Waals surface area (Å²) >= 11 is 0. The molecule has 0 bridgehead atoms. The molecule has 0 aromatic carbocycles. The van der Waals surface area contributed by atoms with Crippen LogP contribution in [0.3, 0.4) is 0 Å². The first-order chi connectivity index (χ1) is 5.49. The molecule has 0 aromatic heterocycles. The average molecular weight is 175 g/mol. The number of carboxylic acid groups (broad SMARTS) is 1. The van der Waals surface area contributed by atoms with Crippen molar-refractivity contribution >= 4 is 11.9 Å². The van der Waals surface area contributed by atoms with E-state index in [1.165, 1.54) is 14.0 Å². The molecule has 0 amide bonds. The summed E-state index contributed by atoms with van der Waals surface area (Å²) in [5.41, 5.74) is -1.64. The Hall–Kier alpha value is -1.10. The van der Waals surface area contributed by atoms with E-state index in [1.54, 1.807) is 6.92 Å². The van der Waals surface area contributed by atoms with Crippen molar-refractivity contribution in [3.8, 4) is 0 Å². The van der Waals surface area contributed by atoms with Crippen LogP contribution in [0.25, 0.3) is 0 Å². The molecule has 0 fully saturated rings. The van der Waals surface area contributed by atoms with Gasteiger partial charge in [0, 0.05) is 0 Å². The fourth-order valence-corrected chi connectivity index (χ4v) is 0.572. The number of carbonyl (C=O) groups is 2. The van der Waals surface area contributed by atoms with E-state index in [-0.39, 0.29) is 6.61 Å². The number of nitrogens with one attached hydrogen (secondary N) is 1. The zero-order valence-corrected chi connectivity index (χ0v) is 7.38. The lowest BCUT2D eigenvalue weighted by Crippen LogP contribution is -2.55. The number of esters is 1. The van der Waals surface area contributed by atoms with Crippen molar-refractivity contribution in [2.45, 2.75) is 19.4 Å². The molecule has 0 spiro atoms. The Balaban J connectivity index is 4.52. The number of likely N-dealkylation sites (N-methyl/N-ethyl adjacent to an activating group) is 1. The molecule has 12 heavy (non-hydrogen) atoms. The Morgan fingerprint density at radius 1 is 1.58 bits per heavy atom. The van der Waals surface area contributed by atoms with Gasteiger partial charge >= 0.3 is 11.9 Å². The number of rotatable bonds is 4. The van der Waals surface area contributed by atoms with Gasteiger partial charge in [-0.25, -0.2) is 9.59 Å². The van der Waals surface area contributed by atoms with E-state index in [2.05, 4.69) is 10.1 Å². The van der Waals surface area contributed by atoms with Gasteiger partial charge in [0.2, 0.25) is 5.54 Å². The SMILES string of the molecule is CCOC(=O)[C@](C)(NC)C(=O)O. The lowest BCUT2D eigenvalue weighted by molar-refractivity contribution is -0.161. The van der Waals surface area contributed by atoms with Crippen LogP contribution in [0, 0.1) is 0 Å². The molecule has 0 aromatic rings. The van der Waals surface area contributed by atoms with Crippen LogP contribution >= 0.6 is 0 Å². The predicted molar refractivity (Wildman–Crippen MR) is 41.7 cm³/mol. The van der Waals surface area contributed by atoms with E-state index in [4.69, 9.17) is 5.11 Å². The third-order valence-electron chi connectivity index (χ3n) is 1.61. The first-order valence-electron chi connectivity index (χ1n) is 3.58. The van der Waals surface area contributed by atoms with Crippen molar-refractivity contribution in [3.05, 3.63) is 0 Å². The van der Waals surface area contributed by atoms with Crippen LogP contribution in [0.5, 0.6) is 0 Å². The summed E-state index contributed by atoms with van der Waals surface area (Å²) in [4.78, 5) is 21.7. The molecular weight excluding hydrogens is 162 g/mol. The highest BCUT2D eigenvalue weighted by Gasteiger charge is 2.41. The lowest BCUT2D eigenvalue weighted by Gasteiger charge is -2.21.